The topological polar surface area (TPSA) is 67.9 Å². The molecule has 1 saturated heterocycles. The summed E-state index contributed by atoms with van der Waals surface area (Å²) in [7, 11) is 0. The van der Waals surface area contributed by atoms with E-state index in [1.807, 2.05) is 42.5 Å². The van der Waals surface area contributed by atoms with E-state index in [2.05, 4.69) is 5.32 Å². The number of ketones is 1. The Bertz CT molecular complexity index is 800. The number of benzene rings is 2. The molecule has 156 valence electrons. The molecule has 0 bridgehead atoms. The van der Waals surface area contributed by atoms with Crippen molar-refractivity contribution in [1.82, 2.24) is 10.2 Å². The van der Waals surface area contributed by atoms with E-state index in [1.165, 1.54) is 6.92 Å². The molecule has 0 aromatic heterocycles. The first kappa shape index (κ1) is 22.7. The Morgan fingerprint density at radius 3 is 2.59 bits per heavy atom. The van der Waals surface area contributed by atoms with E-state index in [9.17, 15) is 9.59 Å². The lowest BCUT2D eigenvalue weighted by atomic mass is 10.1. The van der Waals surface area contributed by atoms with Crippen LogP contribution in [0.15, 0.2) is 54.6 Å². The Balaban J connectivity index is 0.00000300. The van der Waals surface area contributed by atoms with Crippen molar-refractivity contribution >= 4 is 24.3 Å². The molecule has 1 heterocycles. The first-order chi connectivity index (χ1) is 13.6. The fourth-order valence-corrected chi connectivity index (χ4v) is 3.19. The van der Waals surface area contributed by atoms with Gasteiger partial charge in [0.15, 0.2) is 5.78 Å². The lowest BCUT2D eigenvalue weighted by Gasteiger charge is -2.33. The van der Waals surface area contributed by atoms with Crippen LogP contribution >= 0.6 is 12.4 Å². The molecule has 3 rings (SSSR count). The molecule has 1 amide bonds. The van der Waals surface area contributed by atoms with Crippen LogP contribution in [0.4, 0.5) is 4.79 Å². The van der Waals surface area contributed by atoms with Gasteiger partial charge in [-0.15, -0.1) is 12.4 Å². The SMILES string of the molecule is CC(=O)c1ccccc1OCC[C@@H]1CN(C(=O)OCc2ccccc2)CCN1.Cl. The van der Waals surface area contributed by atoms with E-state index in [0.29, 0.717) is 31.0 Å². The Morgan fingerprint density at radius 1 is 1.10 bits per heavy atom. The molecule has 0 aliphatic carbocycles. The van der Waals surface area contributed by atoms with Gasteiger partial charge < -0.3 is 19.7 Å². The number of ether oxygens (including phenoxy) is 2. The first-order valence-electron chi connectivity index (χ1n) is 9.55. The van der Waals surface area contributed by atoms with Crippen LogP contribution < -0.4 is 10.1 Å². The predicted molar refractivity (Wildman–Crippen MR) is 114 cm³/mol. The van der Waals surface area contributed by atoms with Gasteiger partial charge >= 0.3 is 6.09 Å². The highest BCUT2D eigenvalue weighted by molar-refractivity contribution is 5.96. The van der Waals surface area contributed by atoms with Gasteiger partial charge in [0.05, 0.1) is 12.2 Å². The molecule has 1 N–H and O–H groups in total. The highest BCUT2D eigenvalue weighted by Crippen LogP contribution is 2.19. The number of nitrogens with one attached hydrogen (secondary N) is 1. The maximum Gasteiger partial charge on any atom is 0.410 e. The van der Waals surface area contributed by atoms with Gasteiger partial charge in [-0.2, -0.15) is 0 Å². The van der Waals surface area contributed by atoms with Crippen molar-refractivity contribution in [3.05, 3.63) is 65.7 Å². The lowest BCUT2D eigenvalue weighted by molar-refractivity contribution is 0.0826. The second kappa shape index (κ2) is 11.4. The third-order valence-electron chi connectivity index (χ3n) is 4.71. The number of nitrogens with zero attached hydrogens (tertiary/aromatic N) is 1. The number of piperazine rings is 1. The molecule has 2 aromatic carbocycles. The summed E-state index contributed by atoms with van der Waals surface area (Å²) in [6.07, 6.45) is 0.438. The number of hydrogen-bond acceptors (Lipinski definition) is 5. The van der Waals surface area contributed by atoms with Gasteiger partial charge in [0.2, 0.25) is 0 Å². The zero-order valence-electron chi connectivity index (χ0n) is 16.5. The average Bonchev–Trinajstić information content (AvgIpc) is 2.73. The monoisotopic (exact) mass is 418 g/mol. The van der Waals surface area contributed by atoms with E-state index in [-0.39, 0.29) is 36.9 Å². The maximum absolute atomic E-state index is 12.3. The van der Waals surface area contributed by atoms with Crippen LogP contribution in [-0.4, -0.2) is 49.1 Å². The van der Waals surface area contributed by atoms with Crippen molar-refractivity contribution in [2.75, 3.05) is 26.2 Å². The van der Waals surface area contributed by atoms with Gasteiger partial charge in [-0.25, -0.2) is 4.79 Å². The van der Waals surface area contributed by atoms with Gasteiger partial charge in [-0.3, -0.25) is 4.79 Å². The first-order valence-corrected chi connectivity index (χ1v) is 9.55. The molecule has 0 spiro atoms. The molecule has 6 nitrogen and oxygen atoms in total. The van der Waals surface area contributed by atoms with Gasteiger partial charge in [0.25, 0.3) is 0 Å². The number of para-hydroxylation sites is 1. The van der Waals surface area contributed by atoms with E-state index < -0.39 is 0 Å². The largest absolute Gasteiger partial charge is 0.493 e. The molecule has 0 unspecified atom stereocenters. The number of carbonyl (C=O) groups excluding carboxylic acids is 2. The fraction of sp³-hybridized carbons (Fsp3) is 0.364. The quantitative estimate of drug-likeness (QED) is 0.694. The number of hydrogen-bond donors (Lipinski definition) is 1. The zero-order valence-corrected chi connectivity index (χ0v) is 17.3. The minimum absolute atomic E-state index is 0. The molecule has 1 fully saturated rings. The number of carbonyl (C=O) groups is 2. The molecule has 1 aliphatic rings. The summed E-state index contributed by atoms with van der Waals surface area (Å²) >= 11 is 0. The van der Waals surface area contributed by atoms with Crippen LogP contribution in [0, 0.1) is 0 Å². The number of halogens is 1. The lowest BCUT2D eigenvalue weighted by Crippen LogP contribution is -2.53. The average molecular weight is 419 g/mol. The standard InChI is InChI=1S/C22H26N2O4.ClH/c1-17(25)20-9-5-6-10-21(20)27-14-11-19-15-24(13-12-23-19)22(26)28-16-18-7-3-2-4-8-18;/h2-10,19,23H,11-16H2,1H3;1H/t19-;/m1./s1. The summed E-state index contributed by atoms with van der Waals surface area (Å²) < 4.78 is 11.2. The molecule has 1 aliphatic heterocycles. The zero-order chi connectivity index (χ0) is 19.8. The summed E-state index contributed by atoms with van der Waals surface area (Å²) in [5.41, 5.74) is 1.56. The Labute approximate surface area is 177 Å². The van der Waals surface area contributed by atoms with Gasteiger partial charge in [-0.1, -0.05) is 42.5 Å². The van der Waals surface area contributed by atoms with Crippen molar-refractivity contribution in [2.24, 2.45) is 0 Å². The minimum Gasteiger partial charge on any atom is -0.493 e. The van der Waals surface area contributed by atoms with Crippen LogP contribution in [-0.2, 0) is 11.3 Å². The van der Waals surface area contributed by atoms with Crippen molar-refractivity contribution in [3.8, 4) is 5.75 Å². The summed E-state index contributed by atoms with van der Waals surface area (Å²) in [5.74, 6) is 0.587. The van der Waals surface area contributed by atoms with E-state index in [0.717, 1.165) is 18.5 Å². The molecule has 0 radical (unpaired) electrons. The molecule has 0 saturated carbocycles. The van der Waals surface area contributed by atoms with Gasteiger partial charge in [-0.05, 0) is 31.0 Å². The summed E-state index contributed by atoms with van der Waals surface area (Å²) in [4.78, 5) is 25.7. The third-order valence-corrected chi connectivity index (χ3v) is 4.71. The highest BCUT2D eigenvalue weighted by atomic mass is 35.5. The number of amides is 1. The van der Waals surface area contributed by atoms with Crippen molar-refractivity contribution in [2.45, 2.75) is 26.0 Å². The maximum atomic E-state index is 12.3. The van der Waals surface area contributed by atoms with Crippen LogP contribution in [0.25, 0.3) is 0 Å². The second-order valence-electron chi connectivity index (χ2n) is 6.83. The van der Waals surface area contributed by atoms with E-state index >= 15 is 0 Å². The minimum atomic E-state index is -0.293. The molecular formula is C22H27ClN2O4. The Kier molecular flexibility index (Phi) is 8.96. The van der Waals surface area contributed by atoms with E-state index in [1.54, 1.807) is 17.0 Å². The number of Topliss-reactive ketones (excluding diaryl/α,β-unsaturated/α-hetero) is 1. The summed E-state index contributed by atoms with van der Waals surface area (Å²) in [6, 6.07) is 17.0. The fourth-order valence-electron chi connectivity index (χ4n) is 3.19. The normalized spacial score (nSPS) is 15.9. The Hall–Kier alpha value is -2.57. The molecule has 29 heavy (non-hydrogen) atoms. The van der Waals surface area contributed by atoms with Crippen LogP contribution in [0.5, 0.6) is 5.75 Å². The van der Waals surface area contributed by atoms with Crippen LogP contribution in [0.3, 0.4) is 0 Å². The van der Waals surface area contributed by atoms with Gasteiger partial charge in [0.1, 0.15) is 12.4 Å². The highest BCUT2D eigenvalue weighted by Gasteiger charge is 2.24. The molecule has 1 atom stereocenters. The summed E-state index contributed by atoms with van der Waals surface area (Å²) in [6.45, 7) is 4.19. The van der Waals surface area contributed by atoms with Gasteiger partial charge in [0, 0.05) is 25.7 Å². The molecule has 7 heteroatoms. The van der Waals surface area contributed by atoms with Crippen LogP contribution in [0.1, 0.15) is 29.3 Å². The van der Waals surface area contributed by atoms with E-state index in [4.69, 9.17) is 9.47 Å². The van der Waals surface area contributed by atoms with Crippen molar-refractivity contribution in [3.63, 3.8) is 0 Å². The van der Waals surface area contributed by atoms with Crippen LogP contribution in [0.2, 0.25) is 0 Å². The predicted octanol–water partition coefficient (Wildman–Crippen LogP) is 3.69. The number of rotatable bonds is 7. The molecule has 2 aromatic rings. The molecular weight excluding hydrogens is 392 g/mol. The van der Waals surface area contributed by atoms with Crippen molar-refractivity contribution in [1.29, 1.82) is 0 Å². The Morgan fingerprint density at radius 2 is 1.83 bits per heavy atom. The smallest absolute Gasteiger partial charge is 0.410 e. The summed E-state index contributed by atoms with van der Waals surface area (Å²) in [5, 5.41) is 3.41. The third kappa shape index (κ3) is 6.76. The van der Waals surface area contributed by atoms with Crippen molar-refractivity contribution < 1.29 is 19.1 Å². The second-order valence-corrected chi connectivity index (χ2v) is 6.83.